The van der Waals surface area contributed by atoms with Gasteiger partial charge in [0.2, 0.25) is 0 Å². The Morgan fingerprint density at radius 2 is 1.48 bits per heavy atom. The molecule has 0 saturated heterocycles. The van der Waals surface area contributed by atoms with Crippen molar-refractivity contribution >= 4 is 28.2 Å². The number of anilines is 1. The third-order valence-electron chi connectivity index (χ3n) is 5.93. The maximum atomic E-state index is 13.4. The van der Waals surface area contributed by atoms with Gasteiger partial charge < -0.3 is 10.0 Å². The van der Waals surface area contributed by atoms with Crippen molar-refractivity contribution in [2.45, 2.75) is 18.6 Å². The topological polar surface area (TPSA) is 57.6 Å². The average Bonchev–Trinajstić information content (AvgIpc) is 3.01. The molecule has 0 radical (unpaired) electrons. The molecule has 31 heavy (non-hydrogen) atoms. The molecule has 0 spiro atoms. The average molecular weight is 407 g/mol. The van der Waals surface area contributed by atoms with E-state index in [2.05, 4.69) is 0 Å². The van der Waals surface area contributed by atoms with Crippen LogP contribution in [0.3, 0.4) is 0 Å². The van der Waals surface area contributed by atoms with Gasteiger partial charge in [0, 0.05) is 11.1 Å². The Balaban J connectivity index is 1.52. The van der Waals surface area contributed by atoms with Gasteiger partial charge in [-0.1, -0.05) is 91.0 Å². The number of nitrogens with zero attached hydrogens (tertiary/aromatic N) is 1. The number of aliphatic hydroxyl groups is 1. The molecule has 0 saturated carbocycles. The van der Waals surface area contributed by atoms with E-state index in [0.29, 0.717) is 23.4 Å². The number of fused-ring (bicyclic) bond motifs is 2. The van der Waals surface area contributed by atoms with Crippen LogP contribution < -0.4 is 4.90 Å². The number of hydrogen-bond donors (Lipinski definition) is 1. The van der Waals surface area contributed by atoms with Crippen molar-refractivity contribution in [3.8, 4) is 0 Å². The number of carbonyl (C=O) groups is 2. The first kappa shape index (κ1) is 19.2. The summed E-state index contributed by atoms with van der Waals surface area (Å²) in [6, 6.07) is 29.9. The number of ketones is 1. The highest BCUT2D eigenvalue weighted by Crippen LogP contribution is 2.43. The second-order valence-electron chi connectivity index (χ2n) is 7.88. The van der Waals surface area contributed by atoms with Gasteiger partial charge in [-0.25, -0.2) is 0 Å². The summed E-state index contributed by atoms with van der Waals surface area (Å²) in [5.74, 6) is -0.727. The molecule has 4 aromatic carbocycles. The van der Waals surface area contributed by atoms with Crippen LogP contribution in [0.5, 0.6) is 0 Å². The normalized spacial score (nSPS) is 17.7. The van der Waals surface area contributed by atoms with Crippen molar-refractivity contribution in [2.24, 2.45) is 0 Å². The molecule has 1 aliphatic rings. The SMILES string of the molecule is O=C(CC1(O)C(=O)N(Cc2ccccc2)c2ccccc21)c1cccc2ccccc12. The van der Waals surface area contributed by atoms with Crippen LogP contribution in [0.2, 0.25) is 0 Å². The molecule has 4 nitrogen and oxygen atoms in total. The number of Topliss-reactive ketones (excluding diaryl/α,β-unsaturated/α-hetero) is 1. The first-order valence-corrected chi connectivity index (χ1v) is 10.3. The third-order valence-corrected chi connectivity index (χ3v) is 5.93. The quantitative estimate of drug-likeness (QED) is 0.481. The Morgan fingerprint density at radius 1 is 0.806 bits per heavy atom. The van der Waals surface area contributed by atoms with E-state index in [4.69, 9.17) is 0 Å². The second kappa shape index (κ2) is 7.49. The van der Waals surface area contributed by atoms with Crippen LogP contribution >= 0.6 is 0 Å². The van der Waals surface area contributed by atoms with Crippen LogP contribution in [0, 0.1) is 0 Å². The van der Waals surface area contributed by atoms with Gasteiger partial charge in [0.25, 0.3) is 5.91 Å². The predicted octanol–water partition coefficient (Wildman–Crippen LogP) is 4.85. The Hall–Kier alpha value is -3.76. The molecule has 152 valence electrons. The van der Waals surface area contributed by atoms with Gasteiger partial charge in [-0.3, -0.25) is 9.59 Å². The molecule has 1 amide bonds. The van der Waals surface area contributed by atoms with Crippen LogP contribution in [-0.4, -0.2) is 16.8 Å². The van der Waals surface area contributed by atoms with Crippen molar-refractivity contribution < 1.29 is 14.7 Å². The van der Waals surface area contributed by atoms with E-state index >= 15 is 0 Å². The van der Waals surface area contributed by atoms with Gasteiger partial charge in [0.05, 0.1) is 18.7 Å². The summed E-state index contributed by atoms with van der Waals surface area (Å²) in [6.45, 7) is 0.335. The Labute approximate surface area is 180 Å². The summed E-state index contributed by atoms with van der Waals surface area (Å²) in [5, 5.41) is 13.3. The fourth-order valence-corrected chi connectivity index (χ4v) is 4.40. The van der Waals surface area contributed by atoms with Crippen LogP contribution in [0.1, 0.15) is 27.9 Å². The van der Waals surface area contributed by atoms with E-state index in [1.165, 1.54) is 0 Å². The summed E-state index contributed by atoms with van der Waals surface area (Å²) >= 11 is 0. The lowest BCUT2D eigenvalue weighted by molar-refractivity contribution is -0.136. The van der Waals surface area contributed by atoms with Crippen molar-refractivity contribution in [3.63, 3.8) is 0 Å². The Morgan fingerprint density at radius 3 is 2.32 bits per heavy atom. The number of amides is 1. The van der Waals surface area contributed by atoms with E-state index in [-0.39, 0.29) is 12.2 Å². The zero-order chi connectivity index (χ0) is 21.4. The molecule has 4 aromatic rings. The number of hydrogen-bond acceptors (Lipinski definition) is 3. The molecule has 1 heterocycles. The minimum Gasteiger partial charge on any atom is -0.375 e. The Bertz CT molecular complexity index is 1290. The molecule has 1 N–H and O–H groups in total. The van der Waals surface area contributed by atoms with Gasteiger partial charge in [0.1, 0.15) is 0 Å². The van der Waals surface area contributed by atoms with E-state index < -0.39 is 11.5 Å². The monoisotopic (exact) mass is 407 g/mol. The lowest BCUT2D eigenvalue weighted by Crippen LogP contribution is -2.41. The second-order valence-corrected chi connectivity index (χ2v) is 7.88. The number of rotatable bonds is 5. The summed E-state index contributed by atoms with van der Waals surface area (Å²) in [5.41, 5.74) is 0.696. The summed E-state index contributed by atoms with van der Waals surface area (Å²) < 4.78 is 0. The fraction of sp³-hybridized carbons (Fsp3) is 0.111. The maximum absolute atomic E-state index is 13.4. The number of benzene rings is 4. The summed E-state index contributed by atoms with van der Waals surface area (Å²) in [7, 11) is 0. The van der Waals surface area contributed by atoms with E-state index in [9.17, 15) is 14.7 Å². The van der Waals surface area contributed by atoms with E-state index in [1.54, 1.807) is 23.1 Å². The van der Waals surface area contributed by atoms with Crippen LogP contribution in [0.15, 0.2) is 97.1 Å². The number of para-hydroxylation sites is 1. The standard InChI is InChI=1S/C27H21NO3/c29-25(22-14-8-12-20-11-4-5-13-21(20)22)17-27(31)23-15-6-7-16-24(23)28(26(27)30)18-19-9-2-1-3-10-19/h1-16,31H,17-18H2. The van der Waals surface area contributed by atoms with Crippen molar-refractivity contribution in [3.05, 3.63) is 114 Å². The fourth-order valence-electron chi connectivity index (χ4n) is 4.40. The first-order valence-electron chi connectivity index (χ1n) is 10.3. The smallest absolute Gasteiger partial charge is 0.264 e. The zero-order valence-corrected chi connectivity index (χ0v) is 16.9. The van der Waals surface area contributed by atoms with E-state index in [1.807, 2.05) is 78.9 Å². The van der Waals surface area contributed by atoms with Crippen LogP contribution in [0.25, 0.3) is 10.8 Å². The molecule has 5 rings (SSSR count). The third kappa shape index (κ3) is 3.22. The van der Waals surface area contributed by atoms with Crippen molar-refractivity contribution in [2.75, 3.05) is 4.90 Å². The number of carbonyl (C=O) groups excluding carboxylic acids is 2. The molecule has 0 aromatic heterocycles. The van der Waals surface area contributed by atoms with Gasteiger partial charge >= 0.3 is 0 Å². The van der Waals surface area contributed by atoms with Crippen LogP contribution in [0.4, 0.5) is 5.69 Å². The minimum atomic E-state index is -1.89. The molecule has 4 heteroatoms. The maximum Gasteiger partial charge on any atom is 0.264 e. The molecule has 1 aliphatic heterocycles. The minimum absolute atomic E-state index is 0.260. The summed E-state index contributed by atoms with van der Waals surface area (Å²) in [6.07, 6.45) is -0.303. The molecular formula is C27H21NO3. The van der Waals surface area contributed by atoms with Crippen molar-refractivity contribution in [1.82, 2.24) is 0 Å². The Kier molecular flexibility index (Phi) is 4.64. The molecule has 0 fully saturated rings. The van der Waals surface area contributed by atoms with Gasteiger partial charge in [0.15, 0.2) is 11.4 Å². The lowest BCUT2D eigenvalue weighted by Gasteiger charge is -2.23. The highest BCUT2D eigenvalue weighted by molar-refractivity contribution is 6.13. The molecule has 0 aliphatic carbocycles. The van der Waals surface area contributed by atoms with Crippen molar-refractivity contribution in [1.29, 1.82) is 0 Å². The lowest BCUT2D eigenvalue weighted by atomic mass is 9.87. The largest absolute Gasteiger partial charge is 0.375 e. The molecule has 0 bridgehead atoms. The molecule has 1 unspecified atom stereocenters. The van der Waals surface area contributed by atoms with E-state index in [0.717, 1.165) is 16.3 Å². The highest BCUT2D eigenvalue weighted by atomic mass is 16.3. The highest BCUT2D eigenvalue weighted by Gasteiger charge is 2.50. The van der Waals surface area contributed by atoms with Gasteiger partial charge in [-0.05, 0) is 22.4 Å². The van der Waals surface area contributed by atoms with Gasteiger partial charge in [-0.2, -0.15) is 0 Å². The predicted molar refractivity (Wildman–Crippen MR) is 121 cm³/mol. The van der Waals surface area contributed by atoms with Gasteiger partial charge in [-0.15, -0.1) is 0 Å². The van der Waals surface area contributed by atoms with Crippen LogP contribution in [-0.2, 0) is 16.9 Å². The molecule has 1 atom stereocenters. The summed E-state index contributed by atoms with van der Waals surface area (Å²) in [4.78, 5) is 28.3. The first-order chi connectivity index (χ1) is 15.1. The zero-order valence-electron chi connectivity index (χ0n) is 16.9. The molecular weight excluding hydrogens is 386 g/mol.